The van der Waals surface area contributed by atoms with E-state index in [4.69, 9.17) is 9.47 Å². The Morgan fingerprint density at radius 2 is 1.52 bits per heavy atom. The summed E-state index contributed by atoms with van der Waals surface area (Å²) in [7, 11) is 2.92. The highest BCUT2D eigenvalue weighted by Gasteiger charge is 2.21. The summed E-state index contributed by atoms with van der Waals surface area (Å²) in [6.45, 7) is 3.79. The molecule has 2 rings (SSSR count). The first kappa shape index (κ1) is 15.3. The van der Waals surface area contributed by atoms with Gasteiger partial charge >= 0.3 is 0 Å². The highest BCUT2D eigenvalue weighted by Crippen LogP contribution is 2.36. The van der Waals surface area contributed by atoms with Crippen molar-refractivity contribution < 1.29 is 19.0 Å². The molecule has 0 spiro atoms. The third-order valence-corrected chi connectivity index (χ3v) is 3.61. The summed E-state index contributed by atoms with van der Waals surface area (Å²) in [4.78, 5) is 0. The predicted molar refractivity (Wildman–Crippen MR) is 79.5 cm³/mol. The highest BCUT2D eigenvalue weighted by atomic mass is 19.1. The number of rotatable bonds is 4. The van der Waals surface area contributed by atoms with Gasteiger partial charge in [-0.25, -0.2) is 4.39 Å². The Kier molecular flexibility index (Phi) is 4.48. The van der Waals surface area contributed by atoms with E-state index >= 15 is 0 Å². The topological polar surface area (TPSA) is 38.7 Å². The van der Waals surface area contributed by atoms with Gasteiger partial charge in [0.2, 0.25) is 0 Å². The van der Waals surface area contributed by atoms with E-state index in [0.717, 1.165) is 11.1 Å². The molecule has 0 amide bonds. The zero-order valence-corrected chi connectivity index (χ0v) is 12.6. The van der Waals surface area contributed by atoms with Crippen molar-refractivity contribution in [3.63, 3.8) is 0 Å². The third-order valence-electron chi connectivity index (χ3n) is 3.61. The standard InChI is InChI=1S/C17H19FO3/c1-10-6-5-7-11(2)16(10)17(19)12-8-14(20-3)15(21-4)9-13(12)18/h5-9,17,19H,1-4H3. The molecule has 0 fully saturated rings. The minimum absolute atomic E-state index is 0.171. The van der Waals surface area contributed by atoms with E-state index in [9.17, 15) is 9.50 Å². The highest BCUT2D eigenvalue weighted by molar-refractivity contribution is 5.48. The third kappa shape index (κ3) is 2.85. The van der Waals surface area contributed by atoms with Gasteiger partial charge < -0.3 is 14.6 Å². The van der Waals surface area contributed by atoms with Gasteiger partial charge in [0.1, 0.15) is 11.9 Å². The van der Waals surface area contributed by atoms with Crippen molar-refractivity contribution in [2.24, 2.45) is 0 Å². The summed E-state index contributed by atoms with van der Waals surface area (Å²) in [5.41, 5.74) is 2.71. The van der Waals surface area contributed by atoms with Gasteiger partial charge in [-0.05, 0) is 36.6 Å². The zero-order chi connectivity index (χ0) is 15.6. The molecule has 0 bridgehead atoms. The van der Waals surface area contributed by atoms with E-state index in [1.165, 1.54) is 26.4 Å². The molecule has 2 aromatic rings. The summed E-state index contributed by atoms with van der Waals surface area (Å²) >= 11 is 0. The molecule has 0 aromatic heterocycles. The molecule has 21 heavy (non-hydrogen) atoms. The van der Waals surface area contributed by atoms with Crippen molar-refractivity contribution in [1.82, 2.24) is 0 Å². The average molecular weight is 290 g/mol. The van der Waals surface area contributed by atoms with Crippen molar-refractivity contribution in [1.29, 1.82) is 0 Å². The van der Waals surface area contributed by atoms with Gasteiger partial charge in [0, 0.05) is 11.6 Å². The van der Waals surface area contributed by atoms with Gasteiger partial charge in [-0.3, -0.25) is 0 Å². The van der Waals surface area contributed by atoms with Crippen LogP contribution in [0.1, 0.15) is 28.4 Å². The fourth-order valence-corrected chi connectivity index (χ4v) is 2.49. The predicted octanol–water partition coefficient (Wildman–Crippen LogP) is 3.54. The normalized spacial score (nSPS) is 12.1. The number of hydrogen-bond donors (Lipinski definition) is 1. The van der Waals surface area contributed by atoms with Crippen LogP contribution in [0.2, 0.25) is 0 Å². The first-order chi connectivity index (χ1) is 9.99. The summed E-state index contributed by atoms with van der Waals surface area (Å²) in [6, 6.07) is 8.40. The molecule has 0 saturated carbocycles. The van der Waals surface area contributed by atoms with Crippen molar-refractivity contribution in [2.45, 2.75) is 20.0 Å². The molecule has 0 radical (unpaired) electrons. The number of benzene rings is 2. The Balaban J connectivity index is 2.56. The molecule has 1 atom stereocenters. The monoisotopic (exact) mass is 290 g/mol. The lowest BCUT2D eigenvalue weighted by atomic mass is 9.93. The lowest BCUT2D eigenvalue weighted by molar-refractivity contribution is 0.212. The fraction of sp³-hybridized carbons (Fsp3) is 0.294. The second kappa shape index (κ2) is 6.14. The maximum atomic E-state index is 14.3. The van der Waals surface area contributed by atoms with Crippen LogP contribution in [0, 0.1) is 19.7 Å². The van der Waals surface area contributed by atoms with Gasteiger partial charge in [0.25, 0.3) is 0 Å². The molecule has 1 unspecified atom stereocenters. The Labute approximate surface area is 124 Å². The van der Waals surface area contributed by atoms with Gasteiger partial charge in [-0.1, -0.05) is 18.2 Å². The Morgan fingerprint density at radius 1 is 1.00 bits per heavy atom. The maximum Gasteiger partial charge on any atom is 0.163 e. The summed E-state index contributed by atoms with van der Waals surface area (Å²) in [5, 5.41) is 10.6. The van der Waals surface area contributed by atoms with Crippen molar-refractivity contribution in [3.05, 3.63) is 58.4 Å². The molecule has 0 heterocycles. The molecule has 0 aliphatic heterocycles. The number of aryl methyl sites for hydroxylation is 2. The van der Waals surface area contributed by atoms with Crippen LogP contribution in [0.4, 0.5) is 4.39 Å². The van der Waals surface area contributed by atoms with E-state index in [1.807, 2.05) is 32.0 Å². The number of aliphatic hydroxyl groups is 1. The van der Waals surface area contributed by atoms with Crippen LogP contribution in [0.5, 0.6) is 11.5 Å². The van der Waals surface area contributed by atoms with E-state index in [0.29, 0.717) is 17.1 Å². The number of halogens is 1. The smallest absolute Gasteiger partial charge is 0.163 e. The van der Waals surface area contributed by atoms with Crippen LogP contribution in [0.25, 0.3) is 0 Å². The molecule has 2 aromatic carbocycles. The van der Waals surface area contributed by atoms with Crippen LogP contribution in [0.15, 0.2) is 30.3 Å². The fourth-order valence-electron chi connectivity index (χ4n) is 2.49. The minimum Gasteiger partial charge on any atom is -0.493 e. The molecule has 0 aliphatic carbocycles. The van der Waals surface area contributed by atoms with Crippen LogP contribution < -0.4 is 9.47 Å². The SMILES string of the molecule is COc1cc(F)c(C(O)c2c(C)cccc2C)cc1OC. The average Bonchev–Trinajstić information content (AvgIpc) is 2.46. The van der Waals surface area contributed by atoms with Crippen molar-refractivity contribution >= 4 is 0 Å². The van der Waals surface area contributed by atoms with Gasteiger partial charge in [0.15, 0.2) is 11.5 Å². The summed E-state index contributed by atoms with van der Waals surface area (Å²) in [6.07, 6.45) is -1.05. The largest absolute Gasteiger partial charge is 0.493 e. The molecule has 3 nitrogen and oxygen atoms in total. The summed E-state index contributed by atoms with van der Waals surface area (Å²) < 4.78 is 24.5. The lowest BCUT2D eigenvalue weighted by Gasteiger charge is -2.19. The van der Waals surface area contributed by atoms with Gasteiger partial charge in [0.05, 0.1) is 14.2 Å². The van der Waals surface area contributed by atoms with Crippen LogP contribution in [-0.2, 0) is 0 Å². The maximum absolute atomic E-state index is 14.3. The van der Waals surface area contributed by atoms with Crippen LogP contribution >= 0.6 is 0 Å². The van der Waals surface area contributed by atoms with E-state index in [-0.39, 0.29) is 5.56 Å². The molecular weight excluding hydrogens is 271 g/mol. The molecule has 112 valence electrons. The number of methoxy groups -OCH3 is 2. The number of aliphatic hydroxyl groups excluding tert-OH is 1. The minimum atomic E-state index is -1.05. The van der Waals surface area contributed by atoms with Gasteiger partial charge in [-0.15, -0.1) is 0 Å². The van der Waals surface area contributed by atoms with E-state index < -0.39 is 11.9 Å². The number of hydrogen-bond acceptors (Lipinski definition) is 3. The molecule has 4 heteroatoms. The van der Waals surface area contributed by atoms with Crippen molar-refractivity contribution in [3.8, 4) is 11.5 Å². The first-order valence-electron chi connectivity index (χ1n) is 6.65. The van der Waals surface area contributed by atoms with Crippen LogP contribution in [0.3, 0.4) is 0 Å². The Morgan fingerprint density at radius 3 is 2.05 bits per heavy atom. The van der Waals surface area contributed by atoms with Crippen molar-refractivity contribution in [2.75, 3.05) is 14.2 Å². The Bertz CT molecular complexity index is 632. The number of ether oxygens (including phenoxy) is 2. The second-order valence-electron chi connectivity index (χ2n) is 4.94. The molecule has 0 saturated heterocycles. The molecule has 1 N–H and O–H groups in total. The first-order valence-corrected chi connectivity index (χ1v) is 6.65. The van der Waals surface area contributed by atoms with E-state index in [2.05, 4.69) is 0 Å². The zero-order valence-electron chi connectivity index (χ0n) is 12.6. The van der Waals surface area contributed by atoms with Crippen LogP contribution in [-0.4, -0.2) is 19.3 Å². The Hall–Kier alpha value is -2.07. The molecular formula is C17H19FO3. The summed E-state index contributed by atoms with van der Waals surface area (Å²) in [5.74, 6) is 0.162. The molecule has 0 aliphatic rings. The lowest BCUT2D eigenvalue weighted by Crippen LogP contribution is -2.07. The second-order valence-corrected chi connectivity index (χ2v) is 4.94. The van der Waals surface area contributed by atoms with E-state index in [1.54, 1.807) is 0 Å². The van der Waals surface area contributed by atoms with Gasteiger partial charge in [-0.2, -0.15) is 0 Å². The quantitative estimate of drug-likeness (QED) is 0.936.